The minimum atomic E-state index is -0.305. The highest BCUT2D eigenvalue weighted by Crippen LogP contribution is 2.29. The summed E-state index contributed by atoms with van der Waals surface area (Å²) in [7, 11) is 1.86. The summed E-state index contributed by atoms with van der Waals surface area (Å²) in [6.07, 6.45) is 5.25. The van der Waals surface area contributed by atoms with E-state index in [1.165, 1.54) is 12.4 Å². The summed E-state index contributed by atoms with van der Waals surface area (Å²) in [5.74, 6) is 0.364. The molecule has 1 aromatic carbocycles. The van der Waals surface area contributed by atoms with Crippen molar-refractivity contribution in [2.45, 2.75) is 6.54 Å². The molecule has 0 bridgehead atoms. The Bertz CT molecular complexity index is 1300. The number of halogens is 1. The number of benzene rings is 1. The molecule has 5 rings (SSSR count). The van der Waals surface area contributed by atoms with Crippen molar-refractivity contribution in [1.82, 2.24) is 34.3 Å². The van der Waals surface area contributed by atoms with Crippen molar-refractivity contribution >= 4 is 11.3 Å². The predicted octanol–water partition coefficient (Wildman–Crippen LogP) is 3.27. The van der Waals surface area contributed by atoms with Gasteiger partial charge in [0.25, 0.3) is 0 Å². The molecular formula is C20H17FN8. The zero-order valence-electron chi connectivity index (χ0n) is 15.5. The lowest BCUT2D eigenvalue weighted by molar-refractivity contribution is 0.630. The number of aromatic nitrogens is 7. The molecule has 4 heterocycles. The number of fused-ring (bicyclic) bond motifs is 1. The van der Waals surface area contributed by atoms with Gasteiger partial charge in [0.1, 0.15) is 23.7 Å². The quantitative estimate of drug-likeness (QED) is 0.482. The van der Waals surface area contributed by atoms with Gasteiger partial charge in [0, 0.05) is 25.0 Å². The van der Waals surface area contributed by atoms with Crippen LogP contribution in [0.1, 0.15) is 5.82 Å². The Balaban J connectivity index is 1.54. The maximum atomic E-state index is 13.9. The third-order valence-corrected chi connectivity index (χ3v) is 4.59. The summed E-state index contributed by atoms with van der Waals surface area (Å²) >= 11 is 0. The summed E-state index contributed by atoms with van der Waals surface area (Å²) in [6, 6.07) is 12.3. The van der Waals surface area contributed by atoms with Crippen molar-refractivity contribution in [2.75, 3.05) is 5.32 Å². The second-order valence-corrected chi connectivity index (χ2v) is 6.60. The Kier molecular flexibility index (Phi) is 4.05. The highest BCUT2D eigenvalue weighted by atomic mass is 19.1. The number of para-hydroxylation sites is 1. The van der Waals surface area contributed by atoms with Crippen molar-refractivity contribution in [3.63, 3.8) is 0 Å². The average molecular weight is 388 g/mol. The summed E-state index contributed by atoms with van der Waals surface area (Å²) in [6.45, 7) is 0.340. The van der Waals surface area contributed by atoms with E-state index in [-0.39, 0.29) is 5.82 Å². The molecule has 0 fully saturated rings. The van der Waals surface area contributed by atoms with Gasteiger partial charge in [-0.05, 0) is 30.3 Å². The zero-order chi connectivity index (χ0) is 19.8. The number of nitrogens with zero attached hydrogens (tertiary/aromatic N) is 6. The van der Waals surface area contributed by atoms with Gasteiger partial charge in [0.2, 0.25) is 0 Å². The fraction of sp³-hybridized carbons (Fsp3) is 0.100. The van der Waals surface area contributed by atoms with Crippen molar-refractivity contribution in [3.8, 4) is 22.6 Å². The second kappa shape index (κ2) is 6.86. The largest absolute Gasteiger partial charge is 0.375 e. The molecule has 9 heteroatoms. The van der Waals surface area contributed by atoms with Gasteiger partial charge in [-0.3, -0.25) is 4.68 Å². The smallest absolute Gasteiger partial charge is 0.155 e. The number of pyridine rings is 1. The molecule has 0 amide bonds. The van der Waals surface area contributed by atoms with E-state index in [1.54, 1.807) is 27.4 Å². The molecule has 0 radical (unpaired) electrons. The van der Waals surface area contributed by atoms with E-state index in [0.29, 0.717) is 18.1 Å². The molecule has 0 aliphatic heterocycles. The Labute approximate surface area is 165 Å². The van der Waals surface area contributed by atoms with Crippen LogP contribution in [-0.2, 0) is 13.6 Å². The molecule has 0 saturated carbocycles. The van der Waals surface area contributed by atoms with E-state index in [0.717, 1.165) is 28.3 Å². The number of aryl methyl sites for hydroxylation is 1. The van der Waals surface area contributed by atoms with Crippen LogP contribution in [0.25, 0.3) is 28.3 Å². The van der Waals surface area contributed by atoms with Gasteiger partial charge in [0.05, 0.1) is 23.6 Å². The second-order valence-electron chi connectivity index (χ2n) is 6.60. The molecule has 0 aliphatic carbocycles. The lowest BCUT2D eigenvalue weighted by Crippen LogP contribution is -2.02. The monoisotopic (exact) mass is 388 g/mol. The van der Waals surface area contributed by atoms with Gasteiger partial charge in [-0.25, -0.2) is 18.9 Å². The molecule has 5 aromatic rings. The standard InChI is InChI=1S/C20H17FN8/c1-28-9-8-16(27-28)20-19(13-6-7-18-23-12-24-29(18)11-13)25-17(26-20)10-22-15-5-3-2-4-14(15)21/h2-9,11-12,22H,10H2,1H3,(H,25,26). The van der Waals surface area contributed by atoms with Crippen LogP contribution in [0.5, 0.6) is 0 Å². The van der Waals surface area contributed by atoms with E-state index < -0.39 is 0 Å². The molecular weight excluding hydrogens is 371 g/mol. The maximum Gasteiger partial charge on any atom is 0.155 e. The molecule has 0 unspecified atom stereocenters. The number of anilines is 1. The number of hydrogen-bond acceptors (Lipinski definition) is 5. The first-order chi connectivity index (χ1) is 14.2. The topological polar surface area (TPSA) is 88.7 Å². The summed E-state index contributed by atoms with van der Waals surface area (Å²) in [5, 5.41) is 11.8. The molecule has 0 spiro atoms. The van der Waals surface area contributed by atoms with Crippen LogP contribution in [-0.4, -0.2) is 34.3 Å². The number of hydrogen-bond donors (Lipinski definition) is 2. The summed E-state index contributed by atoms with van der Waals surface area (Å²) in [5.41, 5.74) is 4.35. The van der Waals surface area contributed by atoms with Crippen molar-refractivity contribution < 1.29 is 4.39 Å². The number of H-pyrrole nitrogens is 1. The van der Waals surface area contributed by atoms with Gasteiger partial charge < -0.3 is 10.3 Å². The zero-order valence-corrected chi connectivity index (χ0v) is 15.5. The van der Waals surface area contributed by atoms with Gasteiger partial charge in [-0.1, -0.05) is 12.1 Å². The fourth-order valence-electron chi connectivity index (χ4n) is 3.19. The normalized spacial score (nSPS) is 11.2. The summed E-state index contributed by atoms with van der Waals surface area (Å²) < 4.78 is 17.3. The molecule has 29 heavy (non-hydrogen) atoms. The first-order valence-corrected chi connectivity index (χ1v) is 9.04. The van der Waals surface area contributed by atoms with Crippen LogP contribution < -0.4 is 5.32 Å². The number of aromatic amines is 1. The number of imidazole rings is 1. The molecule has 0 aliphatic rings. The summed E-state index contributed by atoms with van der Waals surface area (Å²) in [4.78, 5) is 12.3. The third kappa shape index (κ3) is 3.22. The van der Waals surface area contributed by atoms with Crippen LogP contribution in [0.15, 0.2) is 61.2 Å². The highest BCUT2D eigenvalue weighted by molar-refractivity contribution is 5.76. The van der Waals surface area contributed by atoms with E-state index >= 15 is 0 Å². The first kappa shape index (κ1) is 17.1. The van der Waals surface area contributed by atoms with Gasteiger partial charge in [0.15, 0.2) is 5.65 Å². The molecule has 4 aromatic heterocycles. The van der Waals surface area contributed by atoms with Crippen molar-refractivity contribution in [2.24, 2.45) is 7.05 Å². The Morgan fingerprint density at radius 1 is 1.14 bits per heavy atom. The van der Waals surface area contributed by atoms with Gasteiger partial charge >= 0.3 is 0 Å². The first-order valence-electron chi connectivity index (χ1n) is 9.04. The maximum absolute atomic E-state index is 13.9. The van der Waals surface area contributed by atoms with Gasteiger partial charge in [-0.2, -0.15) is 10.2 Å². The lowest BCUT2D eigenvalue weighted by atomic mass is 10.1. The van der Waals surface area contributed by atoms with E-state index in [2.05, 4.69) is 25.5 Å². The Morgan fingerprint density at radius 2 is 2.03 bits per heavy atom. The van der Waals surface area contributed by atoms with Crippen molar-refractivity contribution in [3.05, 3.63) is 72.8 Å². The van der Waals surface area contributed by atoms with Crippen LogP contribution in [0.4, 0.5) is 10.1 Å². The lowest BCUT2D eigenvalue weighted by Gasteiger charge is -2.04. The van der Waals surface area contributed by atoms with E-state index in [1.807, 2.05) is 37.6 Å². The molecule has 8 nitrogen and oxygen atoms in total. The minimum absolute atomic E-state index is 0.305. The fourth-order valence-corrected chi connectivity index (χ4v) is 3.19. The minimum Gasteiger partial charge on any atom is -0.375 e. The van der Waals surface area contributed by atoms with Crippen LogP contribution in [0.3, 0.4) is 0 Å². The van der Waals surface area contributed by atoms with Crippen LogP contribution in [0, 0.1) is 5.82 Å². The highest BCUT2D eigenvalue weighted by Gasteiger charge is 2.17. The predicted molar refractivity (Wildman–Crippen MR) is 106 cm³/mol. The molecule has 0 saturated heterocycles. The Morgan fingerprint density at radius 3 is 2.86 bits per heavy atom. The van der Waals surface area contributed by atoms with Crippen LogP contribution >= 0.6 is 0 Å². The Hall–Kier alpha value is -4.01. The number of rotatable bonds is 5. The SMILES string of the molecule is Cn1ccc(-c2[nH]c(CNc3ccccc3F)nc2-c2ccc3ncnn3c2)n1. The van der Waals surface area contributed by atoms with Crippen molar-refractivity contribution in [1.29, 1.82) is 0 Å². The van der Waals surface area contributed by atoms with E-state index in [9.17, 15) is 4.39 Å². The molecule has 0 atom stereocenters. The van der Waals surface area contributed by atoms with E-state index in [4.69, 9.17) is 4.98 Å². The van der Waals surface area contributed by atoms with Crippen LogP contribution in [0.2, 0.25) is 0 Å². The third-order valence-electron chi connectivity index (χ3n) is 4.59. The number of nitrogens with one attached hydrogen (secondary N) is 2. The molecule has 144 valence electrons. The molecule has 2 N–H and O–H groups in total. The average Bonchev–Trinajstić information content (AvgIpc) is 3.45. The van der Waals surface area contributed by atoms with Gasteiger partial charge in [-0.15, -0.1) is 0 Å².